The van der Waals surface area contributed by atoms with Crippen molar-refractivity contribution in [1.82, 2.24) is 14.6 Å². The fourth-order valence-corrected chi connectivity index (χ4v) is 2.79. The van der Waals surface area contributed by atoms with Crippen LogP contribution < -0.4 is 16.5 Å². The van der Waals surface area contributed by atoms with Crippen molar-refractivity contribution in [3.05, 3.63) is 75.7 Å². The summed E-state index contributed by atoms with van der Waals surface area (Å²) in [4.78, 5) is 20.8. The van der Waals surface area contributed by atoms with Gasteiger partial charge in [0, 0.05) is 11.8 Å². The van der Waals surface area contributed by atoms with Gasteiger partial charge in [0.25, 0.3) is 0 Å². The lowest BCUT2D eigenvalue weighted by molar-refractivity contribution is 0.532. The molecule has 0 amide bonds. The van der Waals surface area contributed by atoms with E-state index in [0.29, 0.717) is 22.5 Å². The molecule has 28 heavy (non-hydrogen) atoms. The van der Waals surface area contributed by atoms with Gasteiger partial charge in [-0.25, -0.2) is 14.2 Å². The second-order valence-corrected chi connectivity index (χ2v) is 6.55. The van der Waals surface area contributed by atoms with Gasteiger partial charge >= 0.3 is 5.76 Å². The number of oxazole rings is 1. The average molecular weight is 379 g/mol. The Bertz CT molecular complexity index is 1250. The number of hydrogen-bond donors (Lipinski definition) is 2. The minimum absolute atomic E-state index is 0.205. The van der Waals surface area contributed by atoms with E-state index >= 15 is 0 Å². The number of rotatable bonds is 4. The Morgan fingerprint density at radius 1 is 1.07 bits per heavy atom. The third kappa shape index (κ3) is 3.20. The molecule has 0 bridgehead atoms. The zero-order valence-electron chi connectivity index (χ0n) is 15.6. The van der Waals surface area contributed by atoms with E-state index in [1.54, 1.807) is 43.5 Å². The predicted octanol–water partition coefficient (Wildman–Crippen LogP) is 4.07. The monoisotopic (exact) mass is 379 g/mol. The lowest BCUT2D eigenvalue weighted by Gasteiger charge is -2.12. The normalized spacial score (nSPS) is 11.0. The molecular weight excluding hydrogens is 361 g/mol. The summed E-state index contributed by atoms with van der Waals surface area (Å²) in [6.45, 7) is 5.55. The first kappa shape index (κ1) is 17.7. The van der Waals surface area contributed by atoms with Gasteiger partial charge in [0.1, 0.15) is 11.3 Å². The van der Waals surface area contributed by atoms with Crippen LogP contribution in [-0.4, -0.2) is 14.6 Å². The third-order valence-electron chi connectivity index (χ3n) is 4.51. The van der Waals surface area contributed by atoms with Gasteiger partial charge in [-0.05, 0) is 56.2 Å². The minimum Gasteiger partial charge on any atom is -0.406 e. The highest BCUT2D eigenvalue weighted by molar-refractivity contribution is 5.73. The van der Waals surface area contributed by atoms with Crippen molar-refractivity contribution in [3.63, 3.8) is 0 Å². The van der Waals surface area contributed by atoms with Crippen molar-refractivity contribution in [2.24, 2.45) is 0 Å². The summed E-state index contributed by atoms with van der Waals surface area (Å²) in [5.41, 5.74) is 6.80. The fourth-order valence-electron chi connectivity index (χ4n) is 2.79. The van der Waals surface area contributed by atoms with Crippen LogP contribution in [0.1, 0.15) is 16.7 Å². The second kappa shape index (κ2) is 6.80. The van der Waals surface area contributed by atoms with Crippen molar-refractivity contribution in [3.8, 4) is 0 Å². The average Bonchev–Trinajstić information content (AvgIpc) is 2.98. The number of anilines is 3. The molecule has 0 radical (unpaired) electrons. The molecule has 0 unspecified atom stereocenters. The van der Waals surface area contributed by atoms with Crippen LogP contribution in [0.2, 0.25) is 0 Å². The fraction of sp³-hybridized carbons (Fsp3) is 0.150. The maximum atomic E-state index is 14.2. The highest BCUT2D eigenvalue weighted by Crippen LogP contribution is 2.23. The van der Waals surface area contributed by atoms with Crippen LogP contribution in [-0.2, 0) is 0 Å². The molecule has 0 aliphatic heterocycles. The van der Waals surface area contributed by atoms with Gasteiger partial charge in [-0.15, -0.1) is 0 Å². The number of halogens is 1. The molecule has 7 nitrogen and oxygen atoms in total. The molecule has 142 valence electrons. The van der Waals surface area contributed by atoms with E-state index in [9.17, 15) is 9.18 Å². The summed E-state index contributed by atoms with van der Waals surface area (Å²) in [7, 11) is 0. The highest BCUT2D eigenvalue weighted by Gasteiger charge is 2.12. The minimum atomic E-state index is -0.561. The second-order valence-electron chi connectivity index (χ2n) is 6.55. The van der Waals surface area contributed by atoms with E-state index in [-0.39, 0.29) is 17.5 Å². The van der Waals surface area contributed by atoms with E-state index < -0.39 is 5.76 Å². The van der Waals surface area contributed by atoms with Gasteiger partial charge in [0.05, 0.1) is 5.69 Å². The molecule has 0 atom stereocenters. The van der Waals surface area contributed by atoms with Crippen LogP contribution in [0.4, 0.5) is 21.8 Å². The molecule has 0 saturated heterocycles. The third-order valence-corrected chi connectivity index (χ3v) is 4.51. The largest absolute Gasteiger partial charge is 0.439 e. The molecule has 0 spiro atoms. The van der Waals surface area contributed by atoms with Gasteiger partial charge in [0.15, 0.2) is 11.4 Å². The van der Waals surface area contributed by atoms with Gasteiger partial charge < -0.3 is 9.73 Å². The molecule has 2 N–H and O–H groups in total. The zero-order valence-corrected chi connectivity index (χ0v) is 15.6. The van der Waals surface area contributed by atoms with Crippen LogP contribution in [0, 0.1) is 26.6 Å². The Labute approximate surface area is 159 Å². The van der Waals surface area contributed by atoms with Crippen LogP contribution in [0.25, 0.3) is 11.1 Å². The Balaban J connectivity index is 1.69. The molecule has 0 saturated carbocycles. The first-order valence-electron chi connectivity index (χ1n) is 8.67. The molecule has 0 aliphatic rings. The predicted molar refractivity (Wildman–Crippen MR) is 105 cm³/mol. The number of nitrogens with one attached hydrogen (secondary N) is 2. The van der Waals surface area contributed by atoms with Gasteiger partial charge in [-0.3, -0.25) is 5.43 Å². The Morgan fingerprint density at radius 2 is 1.82 bits per heavy atom. The standard InChI is InChI=1S/C20H18FN5O2/c1-11-8-14(21)15(9-12(11)2)23-19-22-10-13(3)18(24-19)25-26-16-6-4-5-7-17(16)28-20(26)27/h4-10H,1-3H3,(H2,22,23,24,25). The van der Waals surface area contributed by atoms with Crippen molar-refractivity contribution in [1.29, 1.82) is 0 Å². The summed E-state index contributed by atoms with van der Waals surface area (Å²) < 4.78 is 20.7. The summed E-state index contributed by atoms with van der Waals surface area (Å²) in [6, 6.07) is 10.2. The molecule has 4 aromatic rings. The molecule has 2 heterocycles. The summed E-state index contributed by atoms with van der Waals surface area (Å²) in [5, 5.41) is 2.89. The number of nitrogens with zero attached hydrogens (tertiary/aromatic N) is 3. The van der Waals surface area contributed by atoms with Gasteiger partial charge in [-0.1, -0.05) is 12.1 Å². The number of aromatic nitrogens is 3. The number of hydrogen-bond acceptors (Lipinski definition) is 6. The van der Waals surface area contributed by atoms with Crippen LogP contribution in [0.15, 0.2) is 51.8 Å². The molecule has 2 aromatic heterocycles. The van der Waals surface area contributed by atoms with E-state index in [2.05, 4.69) is 20.7 Å². The lowest BCUT2D eigenvalue weighted by Crippen LogP contribution is -2.23. The molecule has 0 aliphatic carbocycles. The Kier molecular flexibility index (Phi) is 4.31. The van der Waals surface area contributed by atoms with Crippen molar-refractivity contribution >= 4 is 28.6 Å². The van der Waals surface area contributed by atoms with E-state index in [1.165, 1.54) is 10.7 Å². The number of aryl methyl sites for hydroxylation is 3. The first-order valence-corrected chi connectivity index (χ1v) is 8.67. The van der Waals surface area contributed by atoms with Crippen LogP contribution in [0.3, 0.4) is 0 Å². The summed E-state index contributed by atoms with van der Waals surface area (Å²) >= 11 is 0. The smallest absolute Gasteiger partial charge is 0.406 e. The first-order chi connectivity index (χ1) is 13.4. The Morgan fingerprint density at radius 3 is 2.64 bits per heavy atom. The zero-order chi connectivity index (χ0) is 19.8. The maximum absolute atomic E-state index is 14.2. The van der Waals surface area contributed by atoms with E-state index in [1.807, 2.05) is 13.8 Å². The molecular formula is C20H18FN5O2. The van der Waals surface area contributed by atoms with E-state index in [0.717, 1.165) is 11.1 Å². The highest BCUT2D eigenvalue weighted by atomic mass is 19.1. The quantitative estimate of drug-likeness (QED) is 0.556. The van der Waals surface area contributed by atoms with Crippen molar-refractivity contribution in [2.45, 2.75) is 20.8 Å². The maximum Gasteiger partial charge on any atom is 0.439 e. The number of benzene rings is 2. The lowest BCUT2D eigenvalue weighted by atomic mass is 10.1. The SMILES string of the molecule is Cc1cc(F)c(Nc2ncc(C)c(Nn3c(=O)oc4ccccc43)n2)cc1C. The number of fused-ring (bicyclic) bond motifs is 1. The summed E-state index contributed by atoms with van der Waals surface area (Å²) in [5.74, 6) is -0.348. The van der Waals surface area contributed by atoms with E-state index in [4.69, 9.17) is 4.42 Å². The van der Waals surface area contributed by atoms with Crippen LogP contribution in [0.5, 0.6) is 0 Å². The van der Waals surface area contributed by atoms with Crippen LogP contribution >= 0.6 is 0 Å². The van der Waals surface area contributed by atoms with Gasteiger partial charge in [-0.2, -0.15) is 9.66 Å². The molecule has 2 aromatic carbocycles. The topological polar surface area (TPSA) is 85.0 Å². The summed E-state index contributed by atoms with van der Waals surface area (Å²) in [6.07, 6.45) is 1.59. The molecule has 8 heteroatoms. The molecule has 4 rings (SSSR count). The van der Waals surface area contributed by atoms with Crippen molar-refractivity contribution in [2.75, 3.05) is 10.7 Å². The number of para-hydroxylation sites is 2. The Hall–Kier alpha value is -3.68. The van der Waals surface area contributed by atoms with Gasteiger partial charge in [0.2, 0.25) is 5.95 Å². The molecule has 0 fully saturated rings. The van der Waals surface area contributed by atoms with Crippen molar-refractivity contribution < 1.29 is 8.81 Å².